The van der Waals surface area contributed by atoms with Crippen molar-refractivity contribution in [3.05, 3.63) is 87.7 Å². The third-order valence-electron chi connectivity index (χ3n) is 5.08. The van der Waals surface area contributed by atoms with Gasteiger partial charge in [0.05, 0.1) is 38.4 Å². The fourth-order valence-corrected chi connectivity index (χ4v) is 3.96. The summed E-state index contributed by atoms with van der Waals surface area (Å²) in [7, 11) is 4.19. The first-order valence-corrected chi connectivity index (χ1v) is 10.5. The first kappa shape index (κ1) is 22.6. The average molecular weight is 486 g/mol. The van der Waals surface area contributed by atoms with Crippen LogP contribution in [0.2, 0.25) is 0 Å². The molecule has 7 heteroatoms. The minimum absolute atomic E-state index is 0.329. The smallest absolute Gasteiger partial charge is 0.336 e. The maximum atomic E-state index is 12.8. The van der Waals surface area contributed by atoms with Gasteiger partial charge in [-0.05, 0) is 30.2 Å². The van der Waals surface area contributed by atoms with E-state index in [1.807, 2.05) is 47.4 Å². The lowest BCUT2D eigenvalue weighted by molar-refractivity contribution is -0.137. The van der Waals surface area contributed by atoms with E-state index in [2.05, 4.69) is 15.9 Å². The van der Waals surface area contributed by atoms with Gasteiger partial charge in [-0.3, -0.25) is 0 Å². The second-order valence-corrected chi connectivity index (χ2v) is 7.86. The van der Waals surface area contributed by atoms with Crippen LogP contribution in [0.25, 0.3) is 0 Å². The molecule has 0 saturated carbocycles. The summed E-state index contributed by atoms with van der Waals surface area (Å²) in [6, 6.07) is 15.4. The van der Waals surface area contributed by atoms with Crippen LogP contribution in [-0.2, 0) is 25.5 Å². The van der Waals surface area contributed by atoms with Gasteiger partial charge in [-0.15, -0.1) is 0 Å². The molecule has 3 rings (SSSR count). The molecule has 0 amide bonds. The molecule has 1 aliphatic heterocycles. The van der Waals surface area contributed by atoms with Crippen LogP contribution in [0.5, 0.6) is 5.75 Å². The van der Waals surface area contributed by atoms with Crippen LogP contribution in [0.1, 0.15) is 17.0 Å². The lowest BCUT2D eigenvalue weighted by Crippen LogP contribution is -2.30. The van der Waals surface area contributed by atoms with Gasteiger partial charge in [0.2, 0.25) is 0 Å². The van der Waals surface area contributed by atoms with Gasteiger partial charge in [-0.2, -0.15) is 0 Å². The molecule has 0 N–H and O–H groups in total. The predicted octanol–water partition coefficient (Wildman–Crippen LogP) is 4.21. The SMILES string of the molecule is COC(=O)C1=CN(CCc2ccccc2)C=C(C(=O)OC)C1c1cc(Br)ccc1OC. The van der Waals surface area contributed by atoms with E-state index >= 15 is 0 Å². The molecule has 0 aliphatic carbocycles. The minimum atomic E-state index is -0.694. The second-order valence-electron chi connectivity index (χ2n) is 6.94. The molecule has 2 aromatic rings. The summed E-state index contributed by atoms with van der Waals surface area (Å²) in [6.45, 7) is 0.577. The van der Waals surface area contributed by atoms with E-state index in [-0.39, 0.29) is 0 Å². The van der Waals surface area contributed by atoms with Crippen LogP contribution in [0.4, 0.5) is 0 Å². The van der Waals surface area contributed by atoms with Gasteiger partial charge in [0.15, 0.2) is 0 Å². The first-order chi connectivity index (χ1) is 15.0. The van der Waals surface area contributed by atoms with Crippen molar-refractivity contribution in [2.45, 2.75) is 12.3 Å². The van der Waals surface area contributed by atoms with Crippen molar-refractivity contribution in [2.24, 2.45) is 0 Å². The van der Waals surface area contributed by atoms with Gasteiger partial charge >= 0.3 is 11.9 Å². The number of methoxy groups -OCH3 is 3. The summed E-state index contributed by atoms with van der Waals surface area (Å²) in [5.74, 6) is -1.19. The summed E-state index contributed by atoms with van der Waals surface area (Å²) in [5, 5.41) is 0. The van der Waals surface area contributed by atoms with E-state index < -0.39 is 17.9 Å². The Kier molecular flexibility index (Phi) is 7.52. The molecule has 0 unspecified atom stereocenters. The molecule has 0 radical (unpaired) electrons. The molecule has 0 aromatic heterocycles. The Balaban J connectivity index is 2.06. The maximum absolute atomic E-state index is 12.8. The summed E-state index contributed by atoms with van der Waals surface area (Å²) >= 11 is 3.47. The maximum Gasteiger partial charge on any atom is 0.336 e. The second kappa shape index (κ2) is 10.3. The molecule has 0 fully saturated rings. The van der Waals surface area contributed by atoms with Gasteiger partial charge in [0, 0.05) is 29.0 Å². The van der Waals surface area contributed by atoms with Gasteiger partial charge in [-0.1, -0.05) is 46.3 Å². The molecular formula is C24H24BrNO5. The molecule has 1 heterocycles. The zero-order valence-corrected chi connectivity index (χ0v) is 19.2. The molecule has 31 heavy (non-hydrogen) atoms. The molecular weight excluding hydrogens is 462 g/mol. The molecule has 162 valence electrons. The molecule has 0 spiro atoms. The van der Waals surface area contributed by atoms with Crippen molar-refractivity contribution in [3.63, 3.8) is 0 Å². The summed E-state index contributed by atoms with van der Waals surface area (Å²) < 4.78 is 16.4. The van der Waals surface area contributed by atoms with Crippen molar-refractivity contribution in [1.82, 2.24) is 4.90 Å². The number of carbonyl (C=O) groups excluding carboxylic acids is 2. The summed E-state index contributed by atoms with van der Waals surface area (Å²) in [5.41, 5.74) is 2.47. The normalized spacial score (nSPS) is 13.9. The highest BCUT2D eigenvalue weighted by atomic mass is 79.9. The molecule has 0 bridgehead atoms. The Morgan fingerprint density at radius 2 is 1.55 bits per heavy atom. The zero-order valence-electron chi connectivity index (χ0n) is 17.6. The van der Waals surface area contributed by atoms with Crippen LogP contribution in [0.15, 0.2) is 76.5 Å². The first-order valence-electron chi connectivity index (χ1n) is 9.71. The highest BCUT2D eigenvalue weighted by Crippen LogP contribution is 2.42. The van der Waals surface area contributed by atoms with Crippen LogP contribution in [0.3, 0.4) is 0 Å². The third kappa shape index (κ3) is 5.17. The number of carbonyl (C=O) groups is 2. The van der Waals surface area contributed by atoms with Crippen molar-refractivity contribution in [1.29, 1.82) is 0 Å². The monoisotopic (exact) mass is 485 g/mol. The largest absolute Gasteiger partial charge is 0.496 e. The molecule has 2 aromatic carbocycles. The topological polar surface area (TPSA) is 65.1 Å². The Labute approximate surface area is 190 Å². The van der Waals surface area contributed by atoms with Gasteiger partial charge in [0.1, 0.15) is 5.75 Å². The number of benzene rings is 2. The summed E-state index contributed by atoms with van der Waals surface area (Å²) in [6.07, 6.45) is 4.19. The highest BCUT2D eigenvalue weighted by Gasteiger charge is 2.36. The van der Waals surface area contributed by atoms with Crippen molar-refractivity contribution >= 4 is 27.9 Å². The van der Waals surface area contributed by atoms with E-state index in [9.17, 15) is 9.59 Å². The predicted molar refractivity (Wildman–Crippen MR) is 120 cm³/mol. The number of esters is 2. The Bertz CT molecular complexity index is 982. The number of rotatable bonds is 7. The number of nitrogens with zero attached hydrogens (tertiary/aromatic N) is 1. The number of hydrogen-bond acceptors (Lipinski definition) is 6. The quantitative estimate of drug-likeness (QED) is 0.547. The van der Waals surface area contributed by atoms with E-state index in [0.717, 1.165) is 16.5 Å². The zero-order chi connectivity index (χ0) is 22.4. The fraction of sp³-hybridized carbons (Fsp3) is 0.250. The molecule has 0 saturated heterocycles. The van der Waals surface area contributed by atoms with E-state index in [4.69, 9.17) is 14.2 Å². The molecule has 1 aliphatic rings. The molecule has 0 atom stereocenters. The van der Waals surface area contributed by atoms with Crippen molar-refractivity contribution in [3.8, 4) is 5.75 Å². The van der Waals surface area contributed by atoms with E-state index in [0.29, 0.717) is 29.0 Å². The van der Waals surface area contributed by atoms with Gasteiger partial charge < -0.3 is 19.1 Å². The van der Waals surface area contributed by atoms with Crippen molar-refractivity contribution in [2.75, 3.05) is 27.9 Å². The number of ether oxygens (including phenoxy) is 3. The lowest BCUT2D eigenvalue weighted by atomic mass is 9.82. The summed E-state index contributed by atoms with van der Waals surface area (Å²) in [4.78, 5) is 27.4. The Morgan fingerprint density at radius 1 is 0.935 bits per heavy atom. The minimum Gasteiger partial charge on any atom is -0.496 e. The van der Waals surface area contributed by atoms with E-state index in [1.165, 1.54) is 14.2 Å². The lowest BCUT2D eigenvalue weighted by Gasteiger charge is -2.30. The van der Waals surface area contributed by atoms with Crippen molar-refractivity contribution < 1.29 is 23.8 Å². The van der Waals surface area contributed by atoms with Gasteiger partial charge in [-0.25, -0.2) is 9.59 Å². The Hall–Kier alpha value is -3.06. The average Bonchev–Trinajstić information content (AvgIpc) is 2.81. The standard InChI is InChI=1S/C24H24BrNO5/c1-29-21-10-9-17(25)13-18(21)22-19(23(27)30-2)14-26(15-20(22)24(28)31-3)12-11-16-7-5-4-6-8-16/h4-10,13-15,22H,11-12H2,1-3H3. The number of hydrogen-bond donors (Lipinski definition) is 0. The Morgan fingerprint density at radius 3 is 2.10 bits per heavy atom. The highest BCUT2D eigenvalue weighted by molar-refractivity contribution is 9.10. The third-order valence-corrected chi connectivity index (χ3v) is 5.57. The van der Waals surface area contributed by atoms with E-state index in [1.54, 1.807) is 25.6 Å². The van der Waals surface area contributed by atoms with Crippen LogP contribution >= 0.6 is 15.9 Å². The fourth-order valence-electron chi connectivity index (χ4n) is 3.59. The van der Waals surface area contributed by atoms with Crippen LogP contribution < -0.4 is 4.74 Å². The number of halogens is 1. The molecule has 6 nitrogen and oxygen atoms in total. The van der Waals surface area contributed by atoms with Gasteiger partial charge in [0.25, 0.3) is 0 Å². The van der Waals surface area contributed by atoms with Crippen LogP contribution in [0, 0.1) is 0 Å². The van der Waals surface area contributed by atoms with Crippen LogP contribution in [-0.4, -0.2) is 44.7 Å².